The van der Waals surface area contributed by atoms with Crippen molar-refractivity contribution in [1.29, 1.82) is 0 Å². The topological polar surface area (TPSA) is 98.9 Å². The van der Waals surface area contributed by atoms with Crippen molar-refractivity contribution >= 4 is 9.84 Å². The normalized spacial score (nSPS) is 31.4. The summed E-state index contributed by atoms with van der Waals surface area (Å²) < 4.78 is 34.7. The van der Waals surface area contributed by atoms with Gasteiger partial charge >= 0.3 is 0 Å². The first kappa shape index (κ1) is 13.7. The second kappa shape index (κ2) is 4.34. The second-order valence-electron chi connectivity index (χ2n) is 5.23. The molecule has 0 spiro atoms. The second-order valence-corrected chi connectivity index (χ2v) is 7.64. The molecule has 2 aliphatic rings. The Labute approximate surface area is 117 Å². The summed E-state index contributed by atoms with van der Waals surface area (Å²) in [7, 11) is -3.31. The number of fused-ring (bicyclic) bond motifs is 1. The Hall–Kier alpha value is -1.31. The van der Waals surface area contributed by atoms with E-state index < -0.39 is 26.5 Å². The highest BCUT2D eigenvalue weighted by molar-refractivity contribution is 7.92. The SMILES string of the molecule is CCS(=O)(=O)[C@@H]1[C@@H](c2ccc3c(c2)OCO3)[C@@]1(N)CO. The third-order valence-electron chi connectivity index (χ3n) is 4.12. The molecule has 3 atom stereocenters. The highest BCUT2D eigenvalue weighted by Gasteiger charge is 2.68. The maximum atomic E-state index is 12.1. The van der Waals surface area contributed by atoms with Gasteiger partial charge in [-0.3, -0.25) is 0 Å². The molecule has 1 heterocycles. The minimum absolute atomic E-state index is 0.0116. The molecule has 0 aromatic heterocycles. The van der Waals surface area contributed by atoms with Crippen molar-refractivity contribution in [1.82, 2.24) is 0 Å². The van der Waals surface area contributed by atoms with Crippen LogP contribution in [0.25, 0.3) is 0 Å². The molecule has 0 unspecified atom stereocenters. The average Bonchev–Trinajstić information content (AvgIpc) is 2.83. The van der Waals surface area contributed by atoms with E-state index in [1.54, 1.807) is 25.1 Å². The Morgan fingerprint density at radius 3 is 2.75 bits per heavy atom. The fourth-order valence-electron chi connectivity index (χ4n) is 2.92. The van der Waals surface area contributed by atoms with Crippen molar-refractivity contribution in [3.05, 3.63) is 23.8 Å². The Balaban J connectivity index is 1.98. The molecule has 1 saturated carbocycles. The Morgan fingerprint density at radius 1 is 1.40 bits per heavy atom. The number of aliphatic hydroxyl groups excluding tert-OH is 1. The lowest BCUT2D eigenvalue weighted by Crippen LogP contribution is -2.35. The number of hydrogen-bond acceptors (Lipinski definition) is 6. The molecule has 3 rings (SSSR count). The summed E-state index contributed by atoms with van der Waals surface area (Å²) in [5.41, 5.74) is 5.72. The predicted molar refractivity (Wildman–Crippen MR) is 72.6 cm³/mol. The van der Waals surface area contributed by atoms with Crippen LogP contribution in [0.3, 0.4) is 0 Å². The van der Waals surface area contributed by atoms with Crippen LogP contribution in [0, 0.1) is 0 Å². The molecule has 1 aliphatic heterocycles. The van der Waals surface area contributed by atoms with Gasteiger partial charge in [-0.1, -0.05) is 13.0 Å². The van der Waals surface area contributed by atoms with E-state index in [-0.39, 0.29) is 19.2 Å². The van der Waals surface area contributed by atoms with Crippen LogP contribution in [0.4, 0.5) is 0 Å². The largest absolute Gasteiger partial charge is 0.454 e. The van der Waals surface area contributed by atoms with Crippen molar-refractivity contribution in [3.63, 3.8) is 0 Å². The summed E-state index contributed by atoms with van der Waals surface area (Å²) in [6.45, 7) is 1.38. The average molecular weight is 299 g/mol. The number of nitrogens with two attached hydrogens (primary N) is 1. The van der Waals surface area contributed by atoms with Crippen LogP contribution >= 0.6 is 0 Å². The zero-order valence-corrected chi connectivity index (χ0v) is 11.9. The van der Waals surface area contributed by atoms with E-state index in [4.69, 9.17) is 15.2 Å². The third kappa shape index (κ3) is 1.81. The molecule has 1 aromatic rings. The van der Waals surface area contributed by atoms with E-state index >= 15 is 0 Å². The third-order valence-corrected chi connectivity index (χ3v) is 6.41. The standard InChI is InChI=1S/C13H17NO5S/c1-2-20(16,17)12-11(13(12,14)6-15)8-3-4-9-10(5-8)19-7-18-9/h3-5,11-12,15H,2,6-7,14H2,1H3/t11-,12-,13+/m1/s1. The Kier molecular flexibility index (Phi) is 2.97. The van der Waals surface area contributed by atoms with Gasteiger partial charge in [0, 0.05) is 11.7 Å². The molecule has 20 heavy (non-hydrogen) atoms. The minimum Gasteiger partial charge on any atom is -0.454 e. The summed E-state index contributed by atoms with van der Waals surface area (Å²) in [5, 5.41) is 8.73. The first-order valence-electron chi connectivity index (χ1n) is 6.45. The van der Waals surface area contributed by atoms with E-state index in [9.17, 15) is 13.5 Å². The van der Waals surface area contributed by atoms with Gasteiger partial charge in [0.1, 0.15) is 0 Å². The van der Waals surface area contributed by atoms with Gasteiger partial charge in [0.15, 0.2) is 21.3 Å². The fourth-order valence-corrected chi connectivity index (χ4v) is 4.92. The lowest BCUT2D eigenvalue weighted by molar-refractivity contribution is 0.174. The van der Waals surface area contributed by atoms with Crippen LogP contribution in [-0.2, 0) is 9.84 Å². The van der Waals surface area contributed by atoms with Gasteiger partial charge in [-0.05, 0) is 17.7 Å². The number of ether oxygens (including phenoxy) is 2. The predicted octanol–water partition coefficient (Wildman–Crippen LogP) is 0.00560. The molecule has 1 aliphatic carbocycles. The minimum atomic E-state index is -3.31. The summed E-state index contributed by atoms with van der Waals surface area (Å²) in [6.07, 6.45) is 0. The summed E-state index contributed by atoms with van der Waals surface area (Å²) in [4.78, 5) is 0. The smallest absolute Gasteiger partial charge is 0.231 e. The zero-order chi connectivity index (χ0) is 14.5. The van der Waals surface area contributed by atoms with Gasteiger partial charge in [-0.2, -0.15) is 0 Å². The summed E-state index contributed by atoms with van der Waals surface area (Å²) >= 11 is 0. The highest BCUT2D eigenvalue weighted by Crippen LogP contribution is 2.55. The molecule has 0 radical (unpaired) electrons. The lowest BCUT2D eigenvalue weighted by atomic mass is 10.1. The maximum Gasteiger partial charge on any atom is 0.231 e. The van der Waals surface area contributed by atoms with Gasteiger partial charge in [0.2, 0.25) is 6.79 Å². The van der Waals surface area contributed by atoms with Crippen molar-refractivity contribution in [2.24, 2.45) is 5.73 Å². The quantitative estimate of drug-likeness (QED) is 0.812. The van der Waals surface area contributed by atoms with E-state index in [0.717, 1.165) is 5.56 Å². The molecule has 0 amide bonds. The van der Waals surface area contributed by atoms with Crippen molar-refractivity contribution in [2.75, 3.05) is 19.2 Å². The van der Waals surface area contributed by atoms with Crippen molar-refractivity contribution < 1.29 is 23.0 Å². The van der Waals surface area contributed by atoms with Crippen LogP contribution < -0.4 is 15.2 Å². The number of sulfone groups is 1. The Morgan fingerprint density at radius 2 is 2.10 bits per heavy atom. The van der Waals surface area contributed by atoms with Crippen LogP contribution in [0.15, 0.2) is 18.2 Å². The maximum absolute atomic E-state index is 12.1. The number of aliphatic hydroxyl groups is 1. The van der Waals surface area contributed by atoms with Crippen LogP contribution in [0.5, 0.6) is 11.5 Å². The Bertz CT molecular complexity index is 644. The first-order valence-corrected chi connectivity index (χ1v) is 8.16. The van der Waals surface area contributed by atoms with Crippen molar-refractivity contribution in [2.45, 2.75) is 23.6 Å². The van der Waals surface area contributed by atoms with E-state index in [1.807, 2.05) is 0 Å². The summed E-state index contributed by atoms with van der Waals surface area (Å²) in [6, 6.07) is 5.26. The van der Waals surface area contributed by atoms with Crippen molar-refractivity contribution in [3.8, 4) is 11.5 Å². The lowest BCUT2D eigenvalue weighted by Gasteiger charge is -2.07. The molecule has 6 nitrogen and oxygen atoms in total. The monoisotopic (exact) mass is 299 g/mol. The van der Waals surface area contributed by atoms with E-state index in [2.05, 4.69) is 0 Å². The van der Waals surface area contributed by atoms with Gasteiger partial charge in [-0.25, -0.2) is 8.42 Å². The van der Waals surface area contributed by atoms with Crippen LogP contribution in [0.1, 0.15) is 18.4 Å². The number of hydrogen-bond donors (Lipinski definition) is 2. The number of benzene rings is 1. The molecule has 7 heteroatoms. The van der Waals surface area contributed by atoms with Gasteiger partial charge < -0.3 is 20.3 Å². The first-order chi connectivity index (χ1) is 9.44. The van der Waals surface area contributed by atoms with Gasteiger partial charge in [-0.15, -0.1) is 0 Å². The van der Waals surface area contributed by atoms with E-state index in [1.165, 1.54) is 0 Å². The molecular formula is C13H17NO5S. The highest BCUT2D eigenvalue weighted by atomic mass is 32.2. The number of rotatable bonds is 4. The molecule has 110 valence electrons. The van der Waals surface area contributed by atoms with Crippen LogP contribution in [0.2, 0.25) is 0 Å². The fraction of sp³-hybridized carbons (Fsp3) is 0.538. The van der Waals surface area contributed by atoms with Crippen LogP contribution in [-0.4, -0.2) is 43.5 Å². The molecule has 1 fully saturated rings. The molecule has 3 N–H and O–H groups in total. The molecule has 0 bridgehead atoms. The zero-order valence-electron chi connectivity index (χ0n) is 11.1. The van der Waals surface area contributed by atoms with Gasteiger partial charge in [0.05, 0.1) is 17.4 Å². The van der Waals surface area contributed by atoms with E-state index in [0.29, 0.717) is 11.5 Å². The molecular weight excluding hydrogens is 282 g/mol. The molecule has 1 aromatic carbocycles. The van der Waals surface area contributed by atoms with Gasteiger partial charge in [0.25, 0.3) is 0 Å². The molecule has 0 saturated heterocycles. The summed E-state index contributed by atoms with van der Waals surface area (Å²) in [5.74, 6) is 0.822.